The van der Waals surface area contributed by atoms with Crippen LogP contribution in [0.1, 0.15) is 81.5 Å². The fourth-order valence-corrected chi connectivity index (χ4v) is 3.31. The molecule has 1 rings (SSSR count). The number of anilines is 1. The summed E-state index contributed by atoms with van der Waals surface area (Å²) in [5.74, 6) is -0.388. The molecule has 0 aliphatic rings. The predicted octanol–water partition coefficient (Wildman–Crippen LogP) is 1.89. The second kappa shape index (κ2) is 21.8. The van der Waals surface area contributed by atoms with Gasteiger partial charge in [0.25, 0.3) is 5.91 Å². The lowest BCUT2D eigenvalue weighted by molar-refractivity contribution is -0.858. The molecule has 38 heavy (non-hydrogen) atoms. The number of methoxy groups -OCH3 is 1. The zero-order valence-corrected chi connectivity index (χ0v) is 23.7. The largest absolute Gasteiger partial charge is 0.469 e. The Bertz CT molecular complexity index is 855. The van der Waals surface area contributed by atoms with Crippen molar-refractivity contribution in [1.29, 1.82) is 0 Å². The van der Waals surface area contributed by atoms with Gasteiger partial charge in [0, 0.05) is 50.5 Å². The smallest absolute Gasteiger partial charge is 0.305 e. The Morgan fingerprint density at radius 3 is 1.95 bits per heavy atom. The van der Waals surface area contributed by atoms with Crippen LogP contribution in [0.2, 0.25) is 0 Å². The van der Waals surface area contributed by atoms with Crippen molar-refractivity contribution >= 4 is 35.2 Å². The first-order chi connectivity index (χ1) is 18.1. The number of carbonyl (C=O) groups is 5. The monoisotopic (exact) mass is 535 g/mol. The average Bonchev–Trinajstić information content (AvgIpc) is 2.88. The van der Waals surface area contributed by atoms with E-state index in [0.29, 0.717) is 29.9 Å². The first-order valence-corrected chi connectivity index (χ1v) is 13.3. The van der Waals surface area contributed by atoms with Gasteiger partial charge in [-0.05, 0) is 56.9 Å². The molecule has 4 N–H and O–H groups in total. The van der Waals surface area contributed by atoms with Crippen LogP contribution < -0.4 is 20.9 Å². The van der Waals surface area contributed by atoms with Crippen LogP contribution >= 0.6 is 0 Å². The molecule has 0 atom stereocenters. The van der Waals surface area contributed by atoms with Crippen molar-refractivity contribution in [2.45, 2.75) is 71.1 Å². The SMILES string of the molecule is CC(=O)CCCC[NH+](C)C.CNC(=O)CCNC(=O)c1ccc(NC(=O)CCCCCCC(=O)OC)cc1. The van der Waals surface area contributed by atoms with Gasteiger partial charge < -0.3 is 30.4 Å². The number of hydrogen-bond acceptors (Lipinski definition) is 6. The normalized spacial score (nSPS) is 10.2. The van der Waals surface area contributed by atoms with Gasteiger partial charge in [-0.3, -0.25) is 19.2 Å². The van der Waals surface area contributed by atoms with E-state index in [4.69, 9.17) is 0 Å². The Hall–Kier alpha value is -3.27. The summed E-state index contributed by atoms with van der Waals surface area (Å²) in [5.41, 5.74) is 1.08. The van der Waals surface area contributed by atoms with Crippen LogP contribution in [0.4, 0.5) is 5.69 Å². The molecule has 0 bridgehead atoms. The third kappa shape index (κ3) is 19.9. The van der Waals surface area contributed by atoms with E-state index in [-0.39, 0.29) is 36.7 Å². The van der Waals surface area contributed by atoms with Gasteiger partial charge in [0.05, 0.1) is 27.7 Å². The third-order valence-corrected chi connectivity index (χ3v) is 5.57. The number of unbranched alkanes of at least 4 members (excludes halogenated alkanes) is 4. The first kappa shape index (κ1) is 34.7. The molecule has 214 valence electrons. The van der Waals surface area contributed by atoms with Crippen LogP contribution in [0.15, 0.2) is 24.3 Å². The standard InChI is InChI=1S/C20H29N3O5.C8H17NO/c1-21-17(24)13-14-22-20(27)15-9-11-16(12-10-15)23-18(25)7-5-3-4-6-8-19(26)28-2;1-8(10)6-4-5-7-9(2)3/h9-12H,3-8,13-14H2,1-2H3,(H,21,24)(H,22,27)(H,23,25);4-7H2,1-3H3/p+1. The maximum absolute atomic E-state index is 12.0. The highest BCUT2D eigenvalue weighted by molar-refractivity contribution is 5.96. The van der Waals surface area contributed by atoms with E-state index in [1.165, 1.54) is 25.0 Å². The average molecular weight is 536 g/mol. The Morgan fingerprint density at radius 2 is 1.39 bits per heavy atom. The lowest BCUT2D eigenvalue weighted by Gasteiger charge is -2.08. The van der Waals surface area contributed by atoms with Crippen molar-refractivity contribution in [3.8, 4) is 0 Å². The van der Waals surface area contributed by atoms with Gasteiger partial charge in [-0.25, -0.2) is 0 Å². The van der Waals surface area contributed by atoms with E-state index in [2.05, 4.69) is 34.8 Å². The van der Waals surface area contributed by atoms with Crippen molar-refractivity contribution in [2.75, 3.05) is 46.7 Å². The van der Waals surface area contributed by atoms with Crippen molar-refractivity contribution in [2.24, 2.45) is 0 Å². The number of amides is 3. The predicted molar refractivity (Wildman–Crippen MR) is 148 cm³/mol. The Balaban J connectivity index is 0.00000115. The minimum atomic E-state index is -0.270. The molecule has 0 saturated heterocycles. The van der Waals surface area contributed by atoms with Crippen molar-refractivity contribution in [3.05, 3.63) is 29.8 Å². The molecular weight excluding hydrogens is 488 g/mol. The van der Waals surface area contributed by atoms with E-state index in [0.717, 1.165) is 38.5 Å². The molecular formula is C28H47N4O6+. The number of carbonyl (C=O) groups excluding carboxylic acids is 5. The Labute approximate surface area is 227 Å². The lowest BCUT2D eigenvalue weighted by Crippen LogP contribution is -3.05. The molecule has 0 aliphatic carbocycles. The highest BCUT2D eigenvalue weighted by Gasteiger charge is 2.08. The van der Waals surface area contributed by atoms with Gasteiger partial charge in [-0.2, -0.15) is 0 Å². The first-order valence-electron chi connectivity index (χ1n) is 13.3. The molecule has 10 heteroatoms. The number of ether oxygens (including phenoxy) is 1. The second-order valence-corrected chi connectivity index (χ2v) is 9.41. The summed E-state index contributed by atoms with van der Waals surface area (Å²) < 4.78 is 4.57. The van der Waals surface area contributed by atoms with Crippen molar-refractivity contribution in [3.63, 3.8) is 0 Å². The van der Waals surface area contributed by atoms with Gasteiger partial charge in [0.2, 0.25) is 11.8 Å². The summed E-state index contributed by atoms with van der Waals surface area (Å²) >= 11 is 0. The Morgan fingerprint density at radius 1 is 0.789 bits per heavy atom. The number of benzene rings is 1. The highest BCUT2D eigenvalue weighted by Crippen LogP contribution is 2.12. The zero-order valence-electron chi connectivity index (χ0n) is 23.7. The van der Waals surface area contributed by atoms with Crippen molar-refractivity contribution in [1.82, 2.24) is 10.6 Å². The number of nitrogens with one attached hydrogen (secondary N) is 4. The fraction of sp³-hybridized carbons (Fsp3) is 0.607. The second-order valence-electron chi connectivity index (χ2n) is 9.41. The number of hydrogen-bond donors (Lipinski definition) is 4. The molecule has 0 radical (unpaired) electrons. The molecule has 0 unspecified atom stereocenters. The maximum Gasteiger partial charge on any atom is 0.305 e. The van der Waals surface area contributed by atoms with E-state index in [1.54, 1.807) is 38.2 Å². The minimum Gasteiger partial charge on any atom is -0.469 e. The van der Waals surface area contributed by atoms with Crippen molar-refractivity contribution < 1.29 is 33.6 Å². The van der Waals surface area contributed by atoms with Crippen LogP contribution in [0.3, 0.4) is 0 Å². The summed E-state index contributed by atoms with van der Waals surface area (Å²) in [6, 6.07) is 6.58. The number of Topliss-reactive ketones (excluding diaryl/α,β-unsaturated/α-hetero) is 1. The molecule has 1 aromatic rings. The molecule has 0 heterocycles. The molecule has 0 spiro atoms. The Kier molecular flexibility index (Phi) is 19.9. The number of esters is 1. The maximum atomic E-state index is 12.0. The van der Waals surface area contributed by atoms with Gasteiger partial charge in [-0.15, -0.1) is 0 Å². The molecule has 0 saturated carbocycles. The third-order valence-electron chi connectivity index (χ3n) is 5.57. The summed E-state index contributed by atoms with van der Waals surface area (Å²) in [4.78, 5) is 58.0. The number of rotatable bonds is 17. The molecule has 3 amide bonds. The van der Waals surface area contributed by atoms with Gasteiger partial charge >= 0.3 is 5.97 Å². The van der Waals surface area contributed by atoms with Gasteiger partial charge in [0.1, 0.15) is 5.78 Å². The minimum absolute atomic E-state index is 0.0873. The van der Waals surface area contributed by atoms with E-state index in [1.807, 2.05) is 0 Å². The summed E-state index contributed by atoms with van der Waals surface area (Å²) in [5, 5.41) is 7.94. The summed E-state index contributed by atoms with van der Waals surface area (Å²) in [7, 11) is 7.18. The number of ketones is 1. The van der Waals surface area contributed by atoms with Gasteiger partial charge in [-0.1, -0.05) is 12.8 Å². The summed E-state index contributed by atoms with van der Waals surface area (Å²) in [6.45, 7) is 3.09. The molecule has 0 aromatic heterocycles. The van der Waals surface area contributed by atoms with E-state index >= 15 is 0 Å². The molecule has 0 aliphatic heterocycles. The van der Waals surface area contributed by atoms with Crippen LogP contribution in [-0.4, -0.2) is 70.8 Å². The van der Waals surface area contributed by atoms with Crippen LogP contribution in [0, 0.1) is 0 Å². The van der Waals surface area contributed by atoms with Crippen LogP contribution in [0.5, 0.6) is 0 Å². The topological polar surface area (TPSA) is 135 Å². The van der Waals surface area contributed by atoms with E-state index < -0.39 is 0 Å². The molecule has 1 aromatic carbocycles. The quantitative estimate of drug-likeness (QED) is 0.178. The number of quaternary nitrogens is 1. The summed E-state index contributed by atoms with van der Waals surface area (Å²) in [6.07, 6.45) is 7.29. The molecule has 10 nitrogen and oxygen atoms in total. The lowest BCUT2D eigenvalue weighted by atomic mass is 10.1. The van der Waals surface area contributed by atoms with Gasteiger partial charge in [0.15, 0.2) is 0 Å². The van der Waals surface area contributed by atoms with E-state index in [9.17, 15) is 24.0 Å². The highest BCUT2D eigenvalue weighted by atomic mass is 16.5. The molecule has 0 fully saturated rings. The fourth-order valence-electron chi connectivity index (χ4n) is 3.31. The van der Waals surface area contributed by atoms with Crippen LogP contribution in [-0.2, 0) is 23.9 Å². The van der Waals surface area contributed by atoms with Crippen LogP contribution in [0.25, 0.3) is 0 Å². The zero-order chi connectivity index (χ0) is 28.8.